The molecule has 0 unspecified atom stereocenters. The molecule has 1 amide bonds. The molecule has 0 radical (unpaired) electrons. The minimum Gasteiger partial charge on any atom is -0.396 e. The molecular formula is C13H20N2O3. The van der Waals surface area contributed by atoms with Crippen molar-refractivity contribution in [2.45, 2.75) is 18.9 Å². The highest BCUT2D eigenvalue weighted by atomic mass is 16.3. The van der Waals surface area contributed by atoms with Gasteiger partial charge >= 0.3 is 0 Å². The molecule has 18 heavy (non-hydrogen) atoms. The molecule has 0 spiro atoms. The molecule has 5 nitrogen and oxygen atoms in total. The van der Waals surface area contributed by atoms with Gasteiger partial charge in [0.05, 0.1) is 12.6 Å². The predicted octanol–water partition coefficient (Wildman–Crippen LogP) is 0.591. The second kappa shape index (κ2) is 7.68. The van der Waals surface area contributed by atoms with Gasteiger partial charge in [0.25, 0.3) is 5.91 Å². The number of benzene rings is 1. The number of hydrogen-bond donors (Lipinski definition) is 4. The molecule has 1 aromatic rings. The SMILES string of the molecule is CNc1ccc(C(=O)N[C@H](CO)CCCO)cc1. The standard InChI is InChI=1S/C13H20N2O3/c1-14-11-6-4-10(5-7-11)13(18)15-12(9-17)3-2-8-16/h4-7,12,14,16-17H,2-3,8-9H2,1H3,(H,15,18)/t12-/m0/s1. The van der Waals surface area contributed by atoms with Gasteiger partial charge in [0.15, 0.2) is 0 Å². The Morgan fingerprint density at radius 2 is 1.94 bits per heavy atom. The molecule has 0 bridgehead atoms. The molecule has 0 saturated carbocycles. The Morgan fingerprint density at radius 1 is 1.28 bits per heavy atom. The first kappa shape index (κ1) is 14.5. The van der Waals surface area contributed by atoms with Crippen LogP contribution in [0.2, 0.25) is 0 Å². The maximum Gasteiger partial charge on any atom is 0.251 e. The van der Waals surface area contributed by atoms with Crippen LogP contribution in [0.25, 0.3) is 0 Å². The lowest BCUT2D eigenvalue weighted by atomic mass is 10.1. The predicted molar refractivity (Wildman–Crippen MR) is 70.6 cm³/mol. The van der Waals surface area contributed by atoms with E-state index in [1.165, 1.54) is 0 Å². The number of aliphatic hydroxyl groups is 2. The molecule has 1 atom stereocenters. The van der Waals surface area contributed by atoms with Crippen molar-refractivity contribution in [3.8, 4) is 0 Å². The van der Waals surface area contributed by atoms with Crippen LogP contribution in [0.4, 0.5) is 5.69 Å². The first-order valence-corrected chi connectivity index (χ1v) is 6.01. The van der Waals surface area contributed by atoms with E-state index < -0.39 is 0 Å². The van der Waals surface area contributed by atoms with Gasteiger partial charge in [-0.1, -0.05) is 0 Å². The molecule has 0 saturated heterocycles. The van der Waals surface area contributed by atoms with Crippen LogP contribution in [-0.2, 0) is 0 Å². The minimum atomic E-state index is -0.311. The summed E-state index contributed by atoms with van der Waals surface area (Å²) in [7, 11) is 1.81. The number of anilines is 1. The van der Waals surface area contributed by atoms with Gasteiger partial charge in [0.2, 0.25) is 0 Å². The third kappa shape index (κ3) is 4.35. The number of hydrogen-bond acceptors (Lipinski definition) is 4. The van der Waals surface area contributed by atoms with Crippen molar-refractivity contribution < 1.29 is 15.0 Å². The number of amides is 1. The Balaban J connectivity index is 2.56. The van der Waals surface area contributed by atoms with Crippen molar-refractivity contribution in [2.24, 2.45) is 0 Å². The van der Waals surface area contributed by atoms with E-state index in [4.69, 9.17) is 10.2 Å². The van der Waals surface area contributed by atoms with E-state index in [0.29, 0.717) is 18.4 Å². The molecule has 1 aromatic carbocycles. The van der Waals surface area contributed by atoms with E-state index in [1.807, 2.05) is 19.2 Å². The monoisotopic (exact) mass is 252 g/mol. The van der Waals surface area contributed by atoms with Crippen LogP contribution in [0, 0.1) is 0 Å². The summed E-state index contributed by atoms with van der Waals surface area (Å²) in [5, 5.41) is 23.6. The summed E-state index contributed by atoms with van der Waals surface area (Å²) in [5.74, 6) is -0.213. The molecular weight excluding hydrogens is 232 g/mol. The molecule has 0 aromatic heterocycles. The van der Waals surface area contributed by atoms with Crippen molar-refractivity contribution in [1.82, 2.24) is 5.32 Å². The lowest BCUT2D eigenvalue weighted by Gasteiger charge is -2.15. The Bertz CT molecular complexity index is 365. The fraction of sp³-hybridized carbons (Fsp3) is 0.462. The molecule has 4 N–H and O–H groups in total. The van der Waals surface area contributed by atoms with Gasteiger partial charge in [-0.15, -0.1) is 0 Å². The molecule has 100 valence electrons. The smallest absolute Gasteiger partial charge is 0.251 e. The highest BCUT2D eigenvalue weighted by Gasteiger charge is 2.12. The van der Waals surface area contributed by atoms with Crippen LogP contribution < -0.4 is 10.6 Å². The van der Waals surface area contributed by atoms with Gasteiger partial charge in [-0.2, -0.15) is 0 Å². The number of nitrogens with one attached hydrogen (secondary N) is 2. The van der Waals surface area contributed by atoms with E-state index in [9.17, 15) is 4.79 Å². The lowest BCUT2D eigenvalue weighted by molar-refractivity contribution is 0.0909. The summed E-state index contributed by atoms with van der Waals surface area (Å²) in [6.07, 6.45) is 1.12. The Morgan fingerprint density at radius 3 is 2.44 bits per heavy atom. The Hall–Kier alpha value is -1.59. The summed E-state index contributed by atoms with van der Waals surface area (Å²) in [6, 6.07) is 6.77. The molecule has 0 heterocycles. The molecule has 5 heteroatoms. The zero-order chi connectivity index (χ0) is 13.4. The number of rotatable bonds is 7. The summed E-state index contributed by atoms with van der Waals surface area (Å²) in [4.78, 5) is 11.9. The topological polar surface area (TPSA) is 81.6 Å². The summed E-state index contributed by atoms with van der Waals surface area (Å²) >= 11 is 0. The maximum absolute atomic E-state index is 11.9. The quantitative estimate of drug-likeness (QED) is 0.572. The van der Waals surface area contributed by atoms with Crippen molar-refractivity contribution >= 4 is 11.6 Å². The largest absolute Gasteiger partial charge is 0.396 e. The van der Waals surface area contributed by atoms with E-state index >= 15 is 0 Å². The highest BCUT2D eigenvalue weighted by molar-refractivity contribution is 5.94. The van der Waals surface area contributed by atoms with Gasteiger partial charge in [0, 0.05) is 24.9 Å². The van der Waals surface area contributed by atoms with Gasteiger partial charge in [-0.05, 0) is 37.1 Å². The molecule has 0 aliphatic carbocycles. The van der Waals surface area contributed by atoms with Crippen LogP contribution in [0.3, 0.4) is 0 Å². The molecule has 1 rings (SSSR count). The van der Waals surface area contributed by atoms with Crippen LogP contribution in [0.5, 0.6) is 0 Å². The Kier molecular flexibility index (Phi) is 6.18. The van der Waals surface area contributed by atoms with E-state index in [0.717, 1.165) is 5.69 Å². The summed E-state index contributed by atoms with van der Waals surface area (Å²) in [5.41, 5.74) is 1.49. The van der Waals surface area contributed by atoms with Gasteiger partial charge in [-0.25, -0.2) is 0 Å². The molecule has 0 fully saturated rings. The fourth-order valence-electron chi connectivity index (χ4n) is 1.60. The fourth-order valence-corrected chi connectivity index (χ4v) is 1.60. The third-order valence-electron chi connectivity index (χ3n) is 2.70. The van der Waals surface area contributed by atoms with Gasteiger partial charge in [0.1, 0.15) is 0 Å². The van der Waals surface area contributed by atoms with Crippen molar-refractivity contribution in [2.75, 3.05) is 25.6 Å². The second-order valence-electron chi connectivity index (χ2n) is 4.05. The van der Waals surface area contributed by atoms with Crippen LogP contribution in [-0.4, -0.2) is 42.4 Å². The lowest BCUT2D eigenvalue weighted by Crippen LogP contribution is -2.37. The number of aliphatic hydroxyl groups excluding tert-OH is 2. The first-order valence-electron chi connectivity index (χ1n) is 6.01. The highest BCUT2D eigenvalue weighted by Crippen LogP contribution is 2.09. The number of carbonyl (C=O) groups is 1. The van der Waals surface area contributed by atoms with Crippen LogP contribution >= 0.6 is 0 Å². The van der Waals surface area contributed by atoms with Gasteiger partial charge in [-0.3, -0.25) is 4.79 Å². The van der Waals surface area contributed by atoms with Crippen molar-refractivity contribution in [3.05, 3.63) is 29.8 Å². The normalized spacial score (nSPS) is 11.9. The summed E-state index contributed by atoms with van der Waals surface area (Å²) < 4.78 is 0. The van der Waals surface area contributed by atoms with Gasteiger partial charge < -0.3 is 20.8 Å². The average Bonchev–Trinajstić information content (AvgIpc) is 2.43. The Labute approximate surface area is 107 Å². The van der Waals surface area contributed by atoms with E-state index in [2.05, 4.69) is 10.6 Å². The number of carbonyl (C=O) groups excluding carboxylic acids is 1. The minimum absolute atomic E-state index is 0.0588. The van der Waals surface area contributed by atoms with Crippen molar-refractivity contribution in [3.63, 3.8) is 0 Å². The average molecular weight is 252 g/mol. The van der Waals surface area contributed by atoms with E-state index in [1.54, 1.807) is 12.1 Å². The zero-order valence-electron chi connectivity index (χ0n) is 10.5. The van der Waals surface area contributed by atoms with Crippen LogP contribution in [0.1, 0.15) is 23.2 Å². The summed E-state index contributed by atoms with van der Waals surface area (Å²) in [6.45, 7) is -0.0659. The molecule has 0 aliphatic heterocycles. The molecule has 0 aliphatic rings. The van der Waals surface area contributed by atoms with Crippen molar-refractivity contribution in [1.29, 1.82) is 0 Å². The third-order valence-corrected chi connectivity index (χ3v) is 2.70. The first-order chi connectivity index (χ1) is 8.71. The maximum atomic E-state index is 11.9. The van der Waals surface area contributed by atoms with Crippen LogP contribution in [0.15, 0.2) is 24.3 Å². The van der Waals surface area contributed by atoms with E-state index in [-0.39, 0.29) is 25.2 Å². The second-order valence-corrected chi connectivity index (χ2v) is 4.05. The zero-order valence-corrected chi connectivity index (χ0v) is 10.5.